The maximum Gasteiger partial charge on any atom is 0.407 e. The number of hydrogen-bond donors (Lipinski definition) is 2. The Morgan fingerprint density at radius 1 is 1.16 bits per heavy atom. The van der Waals surface area contributed by atoms with E-state index in [0.717, 1.165) is 25.7 Å². The summed E-state index contributed by atoms with van der Waals surface area (Å²) in [6.07, 6.45) is 3.33. The minimum Gasteiger partial charge on any atom is -0.444 e. The number of carbonyl (C=O) groups excluding carboxylic acids is 2. The number of carbonyl (C=O) groups is 2. The molecule has 1 aliphatic carbocycles. The number of alkyl halides is 1. The highest BCUT2D eigenvalue weighted by Gasteiger charge is 2.29. The lowest BCUT2D eigenvalue weighted by Crippen LogP contribution is -2.54. The van der Waals surface area contributed by atoms with E-state index in [-0.39, 0.29) is 23.9 Å². The van der Waals surface area contributed by atoms with Crippen molar-refractivity contribution in [3.63, 3.8) is 0 Å². The van der Waals surface area contributed by atoms with E-state index >= 15 is 0 Å². The van der Waals surface area contributed by atoms with E-state index in [0.29, 0.717) is 0 Å². The van der Waals surface area contributed by atoms with Crippen LogP contribution >= 0.6 is 11.6 Å². The molecule has 0 bridgehead atoms. The van der Waals surface area contributed by atoms with Gasteiger partial charge in [0, 0.05) is 6.04 Å². The highest BCUT2D eigenvalue weighted by atomic mass is 35.5. The number of rotatable bonds is 3. The van der Waals surface area contributed by atoms with Crippen LogP contribution in [0.15, 0.2) is 0 Å². The van der Waals surface area contributed by atoms with E-state index in [1.807, 2.05) is 20.8 Å². The summed E-state index contributed by atoms with van der Waals surface area (Å²) in [5, 5.41) is 5.68. The zero-order valence-corrected chi connectivity index (χ0v) is 12.5. The summed E-state index contributed by atoms with van der Waals surface area (Å²) >= 11 is 5.49. The van der Waals surface area contributed by atoms with Crippen molar-refractivity contribution < 1.29 is 14.3 Å². The summed E-state index contributed by atoms with van der Waals surface area (Å²) in [7, 11) is 0. The molecule has 2 amide bonds. The number of alkyl carbamates (subject to hydrolysis) is 1. The van der Waals surface area contributed by atoms with Gasteiger partial charge in [-0.1, -0.05) is 12.8 Å². The molecule has 0 saturated heterocycles. The molecule has 1 fully saturated rings. The molecule has 0 aliphatic heterocycles. The van der Waals surface area contributed by atoms with Crippen molar-refractivity contribution in [2.24, 2.45) is 0 Å². The van der Waals surface area contributed by atoms with Gasteiger partial charge in [-0.25, -0.2) is 4.79 Å². The zero-order valence-electron chi connectivity index (χ0n) is 11.8. The van der Waals surface area contributed by atoms with Crippen LogP contribution in [0.5, 0.6) is 0 Å². The van der Waals surface area contributed by atoms with Crippen LogP contribution in [0.25, 0.3) is 0 Å². The van der Waals surface area contributed by atoms with Gasteiger partial charge in [0.25, 0.3) is 0 Å². The van der Waals surface area contributed by atoms with E-state index in [4.69, 9.17) is 16.3 Å². The number of halogens is 1. The van der Waals surface area contributed by atoms with Crippen LogP contribution in [0, 0.1) is 0 Å². The van der Waals surface area contributed by atoms with Crippen LogP contribution in [-0.4, -0.2) is 35.6 Å². The predicted molar refractivity (Wildman–Crippen MR) is 74.3 cm³/mol. The van der Waals surface area contributed by atoms with Crippen LogP contribution in [0.4, 0.5) is 4.79 Å². The van der Waals surface area contributed by atoms with Crippen molar-refractivity contribution >= 4 is 23.6 Å². The van der Waals surface area contributed by atoms with Crippen molar-refractivity contribution in [1.82, 2.24) is 10.6 Å². The maximum atomic E-state index is 11.8. The van der Waals surface area contributed by atoms with Gasteiger partial charge in [-0.2, -0.15) is 0 Å². The predicted octanol–water partition coefficient (Wildman–Crippen LogP) is 2.18. The summed E-state index contributed by atoms with van der Waals surface area (Å²) in [5.41, 5.74) is -0.520. The quantitative estimate of drug-likeness (QED) is 0.783. The van der Waals surface area contributed by atoms with Crippen LogP contribution < -0.4 is 10.6 Å². The van der Waals surface area contributed by atoms with Gasteiger partial charge in [0.15, 0.2) is 0 Å². The van der Waals surface area contributed by atoms with Gasteiger partial charge in [0.2, 0.25) is 5.91 Å². The molecule has 0 unspecified atom stereocenters. The van der Waals surface area contributed by atoms with E-state index in [9.17, 15) is 9.59 Å². The number of amides is 2. The van der Waals surface area contributed by atoms with E-state index in [2.05, 4.69) is 10.6 Å². The molecular formula is C13H23ClN2O3. The Morgan fingerprint density at radius 2 is 1.68 bits per heavy atom. The second-order valence-electron chi connectivity index (χ2n) is 5.84. The Morgan fingerprint density at radius 3 is 2.16 bits per heavy atom. The molecule has 110 valence electrons. The van der Waals surface area contributed by atoms with Crippen molar-refractivity contribution in [1.29, 1.82) is 0 Å². The van der Waals surface area contributed by atoms with Crippen LogP contribution in [0.2, 0.25) is 0 Å². The third-order valence-electron chi connectivity index (χ3n) is 2.94. The van der Waals surface area contributed by atoms with Crippen molar-refractivity contribution in [2.45, 2.75) is 64.1 Å². The Balaban J connectivity index is 2.52. The monoisotopic (exact) mass is 290 g/mol. The molecule has 0 aromatic carbocycles. The number of hydrogen-bond acceptors (Lipinski definition) is 3. The van der Waals surface area contributed by atoms with Gasteiger partial charge in [-0.05, 0) is 33.6 Å². The summed E-state index contributed by atoms with van der Waals surface area (Å²) < 4.78 is 5.23. The molecule has 0 aromatic heterocycles. The fourth-order valence-corrected chi connectivity index (χ4v) is 2.26. The second-order valence-corrected chi connectivity index (χ2v) is 6.11. The lowest BCUT2D eigenvalue weighted by molar-refractivity contribution is -0.119. The molecule has 6 heteroatoms. The summed E-state index contributed by atoms with van der Waals surface area (Å²) in [6.45, 7) is 5.46. The highest BCUT2D eigenvalue weighted by molar-refractivity contribution is 6.27. The van der Waals surface area contributed by atoms with Gasteiger partial charge in [0.1, 0.15) is 11.5 Å². The molecule has 2 atom stereocenters. The van der Waals surface area contributed by atoms with Gasteiger partial charge in [-0.3, -0.25) is 4.79 Å². The molecule has 1 rings (SSSR count). The smallest absolute Gasteiger partial charge is 0.407 e. The molecule has 0 heterocycles. The van der Waals surface area contributed by atoms with Crippen molar-refractivity contribution in [2.75, 3.05) is 5.88 Å². The molecular weight excluding hydrogens is 268 g/mol. The standard InChI is InChI=1S/C13H23ClN2O3/c1-13(2,3)19-12(18)16-10-7-5-4-6-9(10)15-11(17)8-14/h9-10H,4-8H2,1-3H3,(H,15,17)(H,16,18)/t9-,10-/m0/s1. The minimum absolute atomic E-state index is 0.0599. The highest BCUT2D eigenvalue weighted by Crippen LogP contribution is 2.19. The maximum absolute atomic E-state index is 11.8. The van der Waals surface area contributed by atoms with Crippen LogP contribution in [-0.2, 0) is 9.53 Å². The Hall–Kier alpha value is -0.970. The van der Waals surface area contributed by atoms with Gasteiger partial charge in [-0.15, -0.1) is 11.6 Å². The molecule has 0 spiro atoms. The molecule has 0 radical (unpaired) electrons. The fraction of sp³-hybridized carbons (Fsp3) is 0.846. The van der Waals surface area contributed by atoms with E-state index in [1.54, 1.807) is 0 Å². The van der Waals surface area contributed by atoms with E-state index in [1.165, 1.54) is 0 Å². The first-order chi connectivity index (χ1) is 8.81. The second kappa shape index (κ2) is 6.98. The first kappa shape index (κ1) is 16.1. The zero-order chi connectivity index (χ0) is 14.5. The van der Waals surface area contributed by atoms with Crippen LogP contribution in [0.1, 0.15) is 46.5 Å². The third kappa shape index (κ3) is 6.14. The van der Waals surface area contributed by atoms with Gasteiger partial charge >= 0.3 is 6.09 Å². The molecule has 19 heavy (non-hydrogen) atoms. The first-order valence-electron chi connectivity index (χ1n) is 6.66. The molecule has 1 saturated carbocycles. The van der Waals surface area contributed by atoms with Crippen LogP contribution in [0.3, 0.4) is 0 Å². The van der Waals surface area contributed by atoms with Crippen molar-refractivity contribution in [3.05, 3.63) is 0 Å². The average molecular weight is 291 g/mol. The fourth-order valence-electron chi connectivity index (χ4n) is 2.18. The molecule has 1 aliphatic rings. The molecule has 5 nitrogen and oxygen atoms in total. The summed E-state index contributed by atoms with van der Waals surface area (Å²) in [5.74, 6) is -0.264. The Kier molecular flexibility index (Phi) is 5.91. The summed E-state index contributed by atoms with van der Waals surface area (Å²) in [6, 6.07) is -0.150. The largest absolute Gasteiger partial charge is 0.444 e. The summed E-state index contributed by atoms with van der Waals surface area (Å²) in [4.78, 5) is 23.1. The molecule has 0 aromatic rings. The normalized spacial score (nSPS) is 23.6. The third-order valence-corrected chi connectivity index (χ3v) is 3.18. The average Bonchev–Trinajstić information content (AvgIpc) is 2.29. The van der Waals surface area contributed by atoms with Gasteiger partial charge < -0.3 is 15.4 Å². The Bertz CT molecular complexity index is 328. The number of ether oxygens (including phenoxy) is 1. The van der Waals surface area contributed by atoms with Gasteiger partial charge in [0.05, 0.1) is 6.04 Å². The lowest BCUT2D eigenvalue weighted by atomic mass is 9.90. The SMILES string of the molecule is CC(C)(C)OC(=O)N[C@H]1CCCC[C@@H]1NC(=O)CCl. The topological polar surface area (TPSA) is 67.4 Å². The minimum atomic E-state index is -0.520. The first-order valence-corrected chi connectivity index (χ1v) is 7.20. The lowest BCUT2D eigenvalue weighted by Gasteiger charge is -2.33. The Labute approximate surface area is 119 Å². The van der Waals surface area contributed by atoms with E-state index < -0.39 is 11.7 Å². The molecule has 2 N–H and O–H groups in total. The van der Waals surface area contributed by atoms with Crippen molar-refractivity contribution in [3.8, 4) is 0 Å². The number of nitrogens with one attached hydrogen (secondary N) is 2.